The standard InChI is InChI=1S/C22H32N2O4/c1-14-9-10-15(2)19-18(14)16(3)20(27-19)21(26)24(12-11-23(7)8)13-17(25)28-22(4,5)6/h9-10H,11-13H2,1-8H3. The predicted molar refractivity (Wildman–Crippen MR) is 111 cm³/mol. The summed E-state index contributed by atoms with van der Waals surface area (Å²) in [4.78, 5) is 29.1. The fraction of sp³-hybridized carbons (Fsp3) is 0.545. The van der Waals surface area contributed by atoms with Gasteiger partial charge in [0.25, 0.3) is 5.91 Å². The van der Waals surface area contributed by atoms with Crippen molar-refractivity contribution in [2.45, 2.75) is 47.1 Å². The first-order chi connectivity index (χ1) is 12.9. The minimum Gasteiger partial charge on any atom is -0.459 e. The zero-order valence-electron chi connectivity index (χ0n) is 18.3. The number of furan rings is 1. The van der Waals surface area contributed by atoms with E-state index in [0.717, 1.165) is 27.7 Å². The number of carbonyl (C=O) groups excluding carboxylic acids is 2. The molecule has 154 valence electrons. The minimum atomic E-state index is -0.600. The molecule has 1 aromatic heterocycles. The number of hydrogen-bond acceptors (Lipinski definition) is 5. The molecule has 0 aliphatic carbocycles. The van der Waals surface area contributed by atoms with Gasteiger partial charge in [-0.25, -0.2) is 0 Å². The van der Waals surface area contributed by atoms with Gasteiger partial charge in [0.1, 0.15) is 17.7 Å². The summed E-state index contributed by atoms with van der Waals surface area (Å²) in [5, 5.41) is 0.966. The fourth-order valence-electron chi connectivity index (χ4n) is 3.13. The van der Waals surface area contributed by atoms with Crippen LogP contribution in [-0.2, 0) is 9.53 Å². The molecule has 0 aliphatic heterocycles. The number of ether oxygens (including phenoxy) is 1. The van der Waals surface area contributed by atoms with Gasteiger partial charge in [0.05, 0.1) is 0 Å². The summed E-state index contributed by atoms with van der Waals surface area (Å²) >= 11 is 0. The molecule has 0 atom stereocenters. The van der Waals surface area contributed by atoms with Crippen LogP contribution < -0.4 is 0 Å². The molecule has 2 aromatic rings. The van der Waals surface area contributed by atoms with Crippen LogP contribution in [0.1, 0.15) is 48.0 Å². The number of aryl methyl sites for hydroxylation is 3. The summed E-state index contributed by atoms with van der Waals surface area (Å²) in [5.41, 5.74) is 2.98. The molecule has 6 nitrogen and oxygen atoms in total. The van der Waals surface area contributed by atoms with Gasteiger partial charge in [-0.1, -0.05) is 12.1 Å². The number of esters is 1. The van der Waals surface area contributed by atoms with Gasteiger partial charge in [0, 0.05) is 24.0 Å². The van der Waals surface area contributed by atoms with Gasteiger partial charge < -0.3 is 19.0 Å². The Kier molecular flexibility index (Phi) is 6.55. The van der Waals surface area contributed by atoms with Crippen molar-refractivity contribution >= 4 is 22.8 Å². The average molecular weight is 389 g/mol. The highest BCUT2D eigenvalue weighted by Crippen LogP contribution is 2.31. The van der Waals surface area contributed by atoms with Crippen molar-refractivity contribution in [2.75, 3.05) is 33.7 Å². The quantitative estimate of drug-likeness (QED) is 0.706. The van der Waals surface area contributed by atoms with Crippen molar-refractivity contribution in [3.8, 4) is 0 Å². The lowest BCUT2D eigenvalue weighted by atomic mass is 10.0. The van der Waals surface area contributed by atoms with Crippen LogP contribution in [0.25, 0.3) is 11.0 Å². The second kappa shape index (κ2) is 8.35. The largest absolute Gasteiger partial charge is 0.459 e. The lowest BCUT2D eigenvalue weighted by Crippen LogP contribution is -2.42. The highest BCUT2D eigenvalue weighted by atomic mass is 16.6. The Balaban J connectivity index is 2.37. The van der Waals surface area contributed by atoms with Crippen LogP contribution in [0, 0.1) is 20.8 Å². The molecule has 0 radical (unpaired) electrons. The van der Waals surface area contributed by atoms with Crippen molar-refractivity contribution in [3.05, 3.63) is 34.6 Å². The maximum Gasteiger partial charge on any atom is 0.326 e. The number of fused-ring (bicyclic) bond motifs is 1. The van der Waals surface area contributed by atoms with Crippen LogP contribution in [0.5, 0.6) is 0 Å². The van der Waals surface area contributed by atoms with Crippen molar-refractivity contribution in [3.63, 3.8) is 0 Å². The van der Waals surface area contributed by atoms with E-state index in [2.05, 4.69) is 0 Å². The molecule has 0 N–H and O–H groups in total. The van der Waals surface area contributed by atoms with E-state index in [-0.39, 0.29) is 18.2 Å². The van der Waals surface area contributed by atoms with Gasteiger partial charge >= 0.3 is 5.97 Å². The third-order valence-electron chi connectivity index (χ3n) is 4.52. The molecule has 2 rings (SSSR count). The number of nitrogens with zero attached hydrogens (tertiary/aromatic N) is 2. The van der Waals surface area contributed by atoms with Crippen LogP contribution in [0.3, 0.4) is 0 Å². The van der Waals surface area contributed by atoms with E-state index >= 15 is 0 Å². The molecule has 0 aliphatic rings. The second-order valence-electron chi connectivity index (χ2n) is 8.58. The lowest BCUT2D eigenvalue weighted by Gasteiger charge is -2.25. The van der Waals surface area contributed by atoms with Gasteiger partial charge in [-0.3, -0.25) is 9.59 Å². The number of benzene rings is 1. The topological polar surface area (TPSA) is 63.0 Å². The molecule has 1 aromatic carbocycles. The molecule has 1 heterocycles. The number of rotatable bonds is 6. The highest BCUT2D eigenvalue weighted by molar-refractivity contribution is 6.01. The summed E-state index contributed by atoms with van der Waals surface area (Å²) in [6.07, 6.45) is 0. The van der Waals surface area contributed by atoms with Gasteiger partial charge in [0.2, 0.25) is 0 Å². The van der Waals surface area contributed by atoms with Gasteiger partial charge in [-0.2, -0.15) is 0 Å². The fourth-order valence-corrected chi connectivity index (χ4v) is 3.13. The maximum atomic E-state index is 13.3. The first-order valence-corrected chi connectivity index (χ1v) is 9.56. The SMILES string of the molecule is Cc1ccc(C)c2c(C)c(C(=O)N(CCN(C)C)CC(=O)OC(C)(C)C)oc12. The van der Waals surface area contributed by atoms with Gasteiger partial charge in [0.15, 0.2) is 5.76 Å². The Hall–Kier alpha value is -2.34. The number of carbonyl (C=O) groups is 2. The monoisotopic (exact) mass is 388 g/mol. The van der Waals surface area contributed by atoms with E-state index in [4.69, 9.17) is 9.15 Å². The summed E-state index contributed by atoms with van der Waals surface area (Å²) in [6.45, 7) is 12.2. The molecular weight excluding hydrogens is 356 g/mol. The van der Waals surface area contributed by atoms with Crippen molar-refractivity contribution in [1.29, 1.82) is 0 Å². The van der Waals surface area contributed by atoms with E-state index in [1.165, 1.54) is 4.90 Å². The molecule has 0 bridgehead atoms. The van der Waals surface area contributed by atoms with Crippen LogP contribution >= 0.6 is 0 Å². The molecule has 1 amide bonds. The van der Waals surface area contributed by atoms with Crippen LogP contribution in [-0.4, -0.2) is 61.0 Å². The molecule has 0 fully saturated rings. The Morgan fingerprint density at radius 1 is 1.04 bits per heavy atom. The number of likely N-dealkylation sites (N-methyl/N-ethyl adjacent to an activating group) is 1. The Labute approximate surface area is 167 Å². The maximum absolute atomic E-state index is 13.3. The summed E-state index contributed by atoms with van der Waals surface area (Å²) in [7, 11) is 3.85. The third-order valence-corrected chi connectivity index (χ3v) is 4.52. The van der Waals surface area contributed by atoms with Crippen molar-refractivity contribution < 1.29 is 18.7 Å². The minimum absolute atomic E-state index is 0.113. The average Bonchev–Trinajstić information content (AvgIpc) is 2.91. The van der Waals surface area contributed by atoms with Crippen molar-refractivity contribution in [2.24, 2.45) is 0 Å². The van der Waals surface area contributed by atoms with Crippen LogP contribution in [0.15, 0.2) is 16.5 Å². The van der Waals surface area contributed by atoms with Gasteiger partial charge in [-0.15, -0.1) is 0 Å². The zero-order valence-corrected chi connectivity index (χ0v) is 18.3. The Bertz CT molecular complexity index is 875. The van der Waals surface area contributed by atoms with E-state index in [9.17, 15) is 9.59 Å². The second-order valence-corrected chi connectivity index (χ2v) is 8.58. The Morgan fingerprint density at radius 2 is 1.64 bits per heavy atom. The molecule has 0 saturated carbocycles. The van der Waals surface area contributed by atoms with Crippen LogP contribution in [0.2, 0.25) is 0 Å². The number of hydrogen-bond donors (Lipinski definition) is 0. The molecule has 28 heavy (non-hydrogen) atoms. The van der Waals surface area contributed by atoms with E-state index in [1.807, 2.05) is 72.7 Å². The third kappa shape index (κ3) is 5.13. The predicted octanol–water partition coefficient (Wildman–Crippen LogP) is 3.70. The molecule has 0 saturated heterocycles. The summed E-state index contributed by atoms with van der Waals surface area (Å²) < 4.78 is 11.4. The normalized spacial score (nSPS) is 11.9. The van der Waals surface area contributed by atoms with Gasteiger partial charge in [-0.05, 0) is 66.8 Å². The number of amides is 1. The highest BCUT2D eigenvalue weighted by Gasteiger charge is 2.27. The zero-order chi connectivity index (χ0) is 21.2. The Morgan fingerprint density at radius 3 is 2.18 bits per heavy atom. The smallest absolute Gasteiger partial charge is 0.326 e. The van der Waals surface area contributed by atoms with E-state index in [0.29, 0.717) is 13.1 Å². The van der Waals surface area contributed by atoms with Crippen LogP contribution in [0.4, 0.5) is 0 Å². The molecule has 0 spiro atoms. The lowest BCUT2D eigenvalue weighted by molar-refractivity contribution is -0.155. The van der Waals surface area contributed by atoms with Crippen molar-refractivity contribution in [1.82, 2.24) is 9.80 Å². The molecular formula is C22H32N2O4. The van der Waals surface area contributed by atoms with E-state index in [1.54, 1.807) is 0 Å². The molecule has 6 heteroatoms. The molecule has 0 unspecified atom stereocenters. The summed E-state index contributed by atoms with van der Waals surface area (Å²) in [6, 6.07) is 4.01. The summed E-state index contributed by atoms with van der Waals surface area (Å²) in [5.74, 6) is -0.435. The first-order valence-electron chi connectivity index (χ1n) is 9.56. The van der Waals surface area contributed by atoms with E-state index < -0.39 is 11.6 Å². The first kappa shape index (κ1) is 22.0.